The third-order valence-electron chi connectivity index (χ3n) is 2.39. The van der Waals surface area contributed by atoms with Gasteiger partial charge in [-0.2, -0.15) is 0 Å². The topological polar surface area (TPSA) is 48.4 Å². The third-order valence-corrected chi connectivity index (χ3v) is 3.29. The number of esters is 1. The Bertz CT molecular complexity index is 524. The minimum absolute atomic E-state index is 0.253. The molecule has 4 nitrogen and oxygen atoms in total. The molecule has 0 atom stereocenters. The van der Waals surface area contributed by atoms with Gasteiger partial charge in [-0.15, -0.1) is 11.3 Å². The van der Waals surface area contributed by atoms with E-state index in [2.05, 4.69) is 4.98 Å². The Morgan fingerprint density at radius 1 is 1.26 bits per heavy atom. The number of rotatable bonds is 6. The van der Waals surface area contributed by atoms with Gasteiger partial charge in [-0.1, -0.05) is 30.3 Å². The van der Waals surface area contributed by atoms with E-state index in [1.807, 2.05) is 37.3 Å². The Morgan fingerprint density at radius 2 is 2.05 bits per heavy atom. The highest BCUT2D eigenvalue weighted by Gasteiger charge is 2.09. The van der Waals surface area contributed by atoms with Gasteiger partial charge in [0.25, 0.3) is 0 Å². The normalized spacial score (nSPS) is 10.4. The Hall–Kier alpha value is -1.72. The monoisotopic (exact) mass is 277 g/mol. The first-order chi connectivity index (χ1) is 9.25. The maximum atomic E-state index is 11.6. The molecule has 0 radical (unpaired) electrons. The zero-order valence-electron chi connectivity index (χ0n) is 10.7. The number of hydrogen-bond acceptors (Lipinski definition) is 5. The van der Waals surface area contributed by atoms with Gasteiger partial charge in [0.1, 0.15) is 11.5 Å². The number of benzene rings is 1. The van der Waals surface area contributed by atoms with Gasteiger partial charge in [-0.25, -0.2) is 9.78 Å². The molecule has 2 rings (SSSR count). The van der Waals surface area contributed by atoms with Crippen LogP contribution in [-0.4, -0.2) is 24.2 Å². The Kier molecular flexibility index (Phi) is 5.06. The van der Waals surface area contributed by atoms with Crippen LogP contribution in [-0.2, 0) is 16.1 Å². The summed E-state index contributed by atoms with van der Waals surface area (Å²) in [6.45, 7) is 3.02. The lowest BCUT2D eigenvalue weighted by Crippen LogP contribution is -2.09. The van der Waals surface area contributed by atoms with E-state index in [1.54, 1.807) is 0 Å². The van der Waals surface area contributed by atoms with Crippen molar-refractivity contribution in [1.82, 2.24) is 4.98 Å². The summed E-state index contributed by atoms with van der Waals surface area (Å²) in [7, 11) is 0. The largest absolute Gasteiger partial charge is 0.459 e. The lowest BCUT2D eigenvalue weighted by atomic mass is 10.2. The maximum absolute atomic E-state index is 11.6. The van der Waals surface area contributed by atoms with Crippen molar-refractivity contribution in [3.63, 3.8) is 0 Å². The fraction of sp³-hybridized carbons (Fsp3) is 0.286. The number of carbonyl (C=O) groups excluding carboxylic acids is 1. The van der Waals surface area contributed by atoms with Crippen LogP contribution < -0.4 is 0 Å². The zero-order valence-corrected chi connectivity index (χ0v) is 11.5. The molecular formula is C14H15NO3S. The second-order valence-corrected chi connectivity index (χ2v) is 5.15. The van der Waals surface area contributed by atoms with Gasteiger partial charge in [0.05, 0.1) is 24.4 Å². The van der Waals surface area contributed by atoms with E-state index in [0.29, 0.717) is 18.1 Å². The van der Waals surface area contributed by atoms with Gasteiger partial charge < -0.3 is 9.47 Å². The molecule has 1 aromatic carbocycles. The average Bonchev–Trinajstić information content (AvgIpc) is 2.86. The van der Waals surface area contributed by atoms with Crippen LogP contribution in [0.2, 0.25) is 0 Å². The molecule has 0 N–H and O–H groups in total. The van der Waals surface area contributed by atoms with Gasteiger partial charge in [-0.05, 0) is 12.5 Å². The molecule has 0 aliphatic heterocycles. The molecule has 0 saturated heterocycles. The van der Waals surface area contributed by atoms with Crippen LogP contribution in [0.15, 0.2) is 36.5 Å². The van der Waals surface area contributed by atoms with E-state index in [0.717, 1.165) is 10.6 Å². The Balaban J connectivity index is 1.63. The van der Waals surface area contributed by atoms with Crippen molar-refractivity contribution >= 4 is 17.3 Å². The highest BCUT2D eigenvalue weighted by molar-refractivity contribution is 7.13. The highest BCUT2D eigenvalue weighted by atomic mass is 32.1. The van der Waals surface area contributed by atoms with Gasteiger partial charge >= 0.3 is 5.97 Å². The van der Waals surface area contributed by atoms with Crippen molar-refractivity contribution in [3.05, 3.63) is 52.0 Å². The van der Waals surface area contributed by atoms with Crippen LogP contribution in [0.4, 0.5) is 0 Å². The fourth-order valence-electron chi connectivity index (χ4n) is 1.48. The van der Waals surface area contributed by atoms with Crippen LogP contribution in [0.1, 0.15) is 20.2 Å². The SMILES string of the molecule is Cc1ncc(C(=O)OCCOCc2ccccc2)s1. The highest BCUT2D eigenvalue weighted by Crippen LogP contribution is 2.12. The van der Waals surface area contributed by atoms with E-state index in [-0.39, 0.29) is 12.6 Å². The number of nitrogens with zero attached hydrogens (tertiary/aromatic N) is 1. The number of carbonyl (C=O) groups is 1. The van der Waals surface area contributed by atoms with Crippen molar-refractivity contribution in [1.29, 1.82) is 0 Å². The molecule has 0 amide bonds. The van der Waals surface area contributed by atoms with Gasteiger partial charge in [0, 0.05) is 0 Å². The number of aryl methyl sites for hydroxylation is 1. The molecule has 0 fully saturated rings. The van der Waals surface area contributed by atoms with E-state index in [9.17, 15) is 4.79 Å². The molecular weight excluding hydrogens is 262 g/mol. The molecule has 5 heteroatoms. The van der Waals surface area contributed by atoms with Crippen LogP contribution in [0.25, 0.3) is 0 Å². The molecule has 0 saturated carbocycles. The number of hydrogen-bond donors (Lipinski definition) is 0. The van der Waals surface area contributed by atoms with E-state index >= 15 is 0 Å². The van der Waals surface area contributed by atoms with E-state index in [1.165, 1.54) is 17.5 Å². The van der Waals surface area contributed by atoms with Crippen molar-refractivity contribution in [3.8, 4) is 0 Å². The minimum Gasteiger partial charge on any atom is -0.459 e. The number of ether oxygens (including phenoxy) is 2. The summed E-state index contributed by atoms with van der Waals surface area (Å²) in [5.74, 6) is -0.339. The first kappa shape index (κ1) is 13.7. The van der Waals surface area contributed by atoms with E-state index < -0.39 is 0 Å². The molecule has 19 heavy (non-hydrogen) atoms. The Morgan fingerprint density at radius 3 is 2.74 bits per heavy atom. The molecule has 0 bridgehead atoms. The smallest absolute Gasteiger partial charge is 0.350 e. The van der Waals surface area contributed by atoms with Crippen LogP contribution in [0.3, 0.4) is 0 Å². The van der Waals surface area contributed by atoms with Crippen LogP contribution in [0.5, 0.6) is 0 Å². The fourth-order valence-corrected chi connectivity index (χ4v) is 2.16. The molecule has 2 aromatic rings. The number of thiazole rings is 1. The molecule has 1 heterocycles. The summed E-state index contributed by atoms with van der Waals surface area (Å²) in [5.41, 5.74) is 1.10. The summed E-state index contributed by atoms with van der Waals surface area (Å²) in [6.07, 6.45) is 1.53. The third kappa shape index (κ3) is 4.46. The van der Waals surface area contributed by atoms with Crippen molar-refractivity contribution in [2.75, 3.05) is 13.2 Å². The van der Waals surface area contributed by atoms with Crippen molar-refractivity contribution in [2.45, 2.75) is 13.5 Å². The molecule has 100 valence electrons. The number of aromatic nitrogens is 1. The zero-order chi connectivity index (χ0) is 13.5. The molecule has 0 aliphatic carbocycles. The molecule has 0 aliphatic rings. The van der Waals surface area contributed by atoms with Crippen LogP contribution >= 0.6 is 11.3 Å². The summed E-state index contributed by atoms with van der Waals surface area (Å²) in [6, 6.07) is 9.87. The summed E-state index contributed by atoms with van der Waals surface area (Å²) in [4.78, 5) is 16.1. The predicted octanol–water partition coefficient (Wildman–Crippen LogP) is 2.83. The minimum atomic E-state index is -0.339. The van der Waals surface area contributed by atoms with E-state index in [4.69, 9.17) is 9.47 Å². The molecule has 0 spiro atoms. The maximum Gasteiger partial charge on any atom is 0.350 e. The predicted molar refractivity (Wildman–Crippen MR) is 73.2 cm³/mol. The Labute approximate surface area is 116 Å². The summed E-state index contributed by atoms with van der Waals surface area (Å²) < 4.78 is 10.5. The summed E-state index contributed by atoms with van der Waals surface area (Å²) in [5, 5.41) is 0.854. The first-order valence-electron chi connectivity index (χ1n) is 5.97. The van der Waals surface area contributed by atoms with Crippen molar-refractivity contribution < 1.29 is 14.3 Å². The lowest BCUT2D eigenvalue weighted by molar-refractivity contribution is 0.0293. The van der Waals surface area contributed by atoms with Crippen molar-refractivity contribution in [2.24, 2.45) is 0 Å². The molecule has 1 aromatic heterocycles. The second-order valence-electron chi connectivity index (χ2n) is 3.92. The standard InChI is InChI=1S/C14H15NO3S/c1-11-15-9-13(19-11)14(16)18-8-7-17-10-12-5-3-2-4-6-12/h2-6,9H,7-8,10H2,1H3. The average molecular weight is 277 g/mol. The van der Waals surface area contributed by atoms with Gasteiger partial charge in [-0.3, -0.25) is 0 Å². The summed E-state index contributed by atoms with van der Waals surface area (Å²) >= 11 is 1.33. The van der Waals surface area contributed by atoms with Crippen LogP contribution in [0, 0.1) is 6.92 Å². The van der Waals surface area contributed by atoms with Gasteiger partial charge in [0.15, 0.2) is 0 Å². The quantitative estimate of drug-likeness (QED) is 0.602. The lowest BCUT2D eigenvalue weighted by Gasteiger charge is -2.05. The first-order valence-corrected chi connectivity index (χ1v) is 6.78. The second kappa shape index (κ2) is 7.01. The van der Waals surface area contributed by atoms with Gasteiger partial charge in [0.2, 0.25) is 0 Å². The molecule has 0 unspecified atom stereocenters.